The first-order chi connectivity index (χ1) is 17.8. The van der Waals surface area contributed by atoms with Crippen molar-refractivity contribution in [1.82, 2.24) is 30.4 Å². The lowest BCUT2D eigenvalue weighted by Gasteiger charge is -2.38. The lowest BCUT2D eigenvalue weighted by Crippen LogP contribution is -2.61. The number of nitrogens with one attached hydrogen (secondary N) is 3. The number of fused-ring (bicyclic) bond motifs is 2. The summed E-state index contributed by atoms with van der Waals surface area (Å²) < 4.78 is 5.18. The van der Waals surface area contributed by atoms with Gasteiger partial charge in [0, 0.05) is 48.4 Å². The normalized spacial score (nSPS) is 19.9. The van der Waals surface area contributed by atoms with E-state index in [0.717, 1.165) is 46.5 Å². The summed E-state index contributed by atoms with van der Waals surface area (Å²) >= 11 is 1.40. The average molecular weight is 525 g/mol. The third-order valence-electron chi connectivity index (χ3n) is 6.91. The molecule has 37 heavy (non-hydrogen) atoms. The summed E-state index contributed by atoms with van der Waals surface area (Å²) in [4.78, 5) is 51.5. The molecule has 2 aliphatic heterocycles. The second-order valence-electron chi connectivity index (χ2n) is 9.74. The van der Waals surface area contributed by atoms with Crippen LogP contribution in [-0.2, 0) is 17.7 Å². The van der Waals surface area contributed by atoms with Gasteiger partial charge in [-0.05, 0) is 45.5 Å². The van der Waals surface area contributed by atoms with Crippen LogP contribution < -0.4 is 10.6 Å². The van der Waals surface area contributed by atoms with E-state index in [1.165, 1.54) is 11.3 Å². The molecule has 0 spiro atoms. The number of likely N-dealkylation sites (tertiary alicyclic amines) is 1. The fourth-order valence-electron chi connectivity index (χ4n) is 4.92. The highest BCUT2D eigenvalue weighted by atomic mass is 32.1. The van der Waals surface area contributed by atoms with Crippen molar-refractivity contribution >= 4 is 40.1 Å². The Bertz CT molecular complexity index is 1330. The van der Waals surface area contributed by atoms with Crippen LogP contribution in [0.25, 0.3) is 10.9 Å². The first-order valence-corrected chi connectivity index (χ1v) is 13.4. The molecule has 0 radical (unpaired) electrons. The highest BCUT2D eigenvalue weighted by Crippen LogP contribution is 2.25. The van der Waals surface area contributed by atoms with Crippen LogP contribution in [0.15, 0.2) is 24.3 Å². The minimum absolute atomic E-state index is 0.231. The maximum absolute atomic E-state index is 13.2. The van der Waals surface area contributed by atoms with Crippen LogP contribution in [0, 0.1) is 6.92 Å². The molecule has 10 nitrogen and oxygen atoms in total. The Morgan fingerprint density at radius 3 is 2.78 bits per heavy atom. The monoisotopic (exact) mass is 524 g/mol. The lowest BCUT2D eigenvalue weighted by atomic mass is 9.99. The van der Waals surface area contributed by atoms with Crippen molar-refractivity contribution in [2.45, 2.75) is 45.3 Å². The van der Waals surface area contributed by atoms with E-state index in [2.05, 4.69) is 32.5 Å². The molecule has 3 N–H and O–H groups in total. The molecule has 0 saturated carbocycles. The molecule has 3 aromatic rings. The van der Waals surface area contributed by atoms with Gasteiger partial charge < -0.3 is 30.2 Å². The molecule has 196 valence electrons. The Hall–Kier alpha value is -3.44. The molecule has 1 fully saturated rings. The number of aryl methyl sites for hydroxylation is 1. The topological polar surface area (TPSA) is 120 Å². The Morgan fingerprint density at radius 2 is 1.97 bits per heavy atom. The second kappa shape index (κ2) is 10.5. The maximum Gasteiger partial charge on any atom is 0.409 e. The third-order valence-corrected chi connectivity index (χ3v) is 7.99. The number of amides is 3. The highest BCUT2D eigenvalue weighted by molar-refractivity contribution is 7.13. The fraction of sp³-hybridized carbons (Fsp3) is 0.462. The van der Waals surface area contributed by atoms with Gasteiger partial charge in [-0.1, -0.05) is 11.6 Å². The van der Waals surface area contributed by atoms with Gasteiger partial charge in [-0.25, -0.2) is 9.78 Å². The lowest BCUT2D eigenvalue weighted by molar-refractivity contribution is 0.0721. The predicted molar refractivity (Wildman–Crippen MR) is 141 cm³/mol. The molecular weight excluding hydrogens is 492 g/mol. The average Bonchev–Trinajstić information content (AvgIpc) is 3.49. The number of ether oxygens (including phenoxy) is 1. The van der Waals surface area contributed by atoms with Crippen LogP contribution in [0.4, 0.5) is 4.79 Å². The Balaban J connectivity index is 1.33. The summed E-state index contributed by atoms with van der Waals surface area (Å²) in [6.07, 6.45) is 0.872. The zero-order valence-electron chi connectivity index (χ0n) is 21.3. The predicted octanol–water partition coefficient (Wildman–Crippen LogP) is 2.68. The van der Waals surface area contributed by atoms with Crippen molar-refractivity contribution in [3.8, 4) is 0 Å². The number of aromatic nitrogens is 2. The summed E-state index contributed by atoms with van der Waals surface area (Å²) in [5.41, 5.74) is 3.43. The van der Waals surface area contributed by atoms with E-state index in [1.54, 1.807) is 11.8 Å². The van der Waals surface area contributed by atoms with Gasteiger partial charge in [0.25, 0.3) is 11.8 Å². The number of carbonyl (C=O) groups excluding carboxylic acids is 3. The van der Waals surface area contributed by atoms with Gasteiger partial charge in [0.2, 0.25) is 0 Å². The second-order valence-corrected chi connectivity index (χ2v) is 10.8. The maximum atomic E-state index is 13.2. The number of hydrogen-bond donors (Lipinski definition) is 3. The van der Waals surface area contributed by atoms with Gasteiger partial charge in [-0.15, -0.1) is 11.3 Å². The van der Waals surface area contributed by atoms with Crippen LogP contribution in [0.5, 0.6) is 0 Å². The van der Waals surface area contributed by atoms with Gasteiger partial charge >= 0.3 is 6.09 Å². The molecule has 2 aromatic heterocycles. The molecule has 1 saturated heterocycles. The molecule has 4 heterocycles. The van der Waals surface area contributed by atoms with Crippen LogP contribution in [0.1, 0.15) is 49.8 Å². The standard InChI is InChI=1S/C26H32N6O4S/c1-4-36-26(35)32-10-8-18(28-23(33)20-12-16-11-15(2)5-6-17(16)27-20)21(13-32)29-24(34)25-30-19-7-9-31(3)14-22(19)37-25/h5-6,11-12,18,21,27H,4,7-10,13-14H2,1-3H3,(H,28,33)(H,29,34)/t18-,21+/m0/s1. The molecule has 2 aliphatic rings. The number of benzene rings is 1. The van der Waals surface area contributed by atoms with Gasteiger partial charge in [0.05, 0.1) is 24.4 Å². The number of likely N-dealkylation sites (N-methyl/N-ethyl adjacent to an activating group) is 1. The quantitative estimate of drug-likeness (QED) is 0.472. The number of rotatable bonds is 5. The van der Waals surface area contributed by atoms with E-state index in [-0.39, 0.29) is 31.0 Å². The molecule has 3 amide bonds. The van der Waals surface area contributed by atoms with Crippen LogP contribution in [0.3, 0.4) is 0 Å². The Kier molecular flexibility index (Phi) is 7.16. The molecule has 5 rings (SSSR count). The van der Waals surface area contributed by atoms with Gasteiger partial charge in [-0.3, -0.25) is 9.59 Å². The Labute approximate surface area is 219 Å². The molecular formula is C26H32N6O4S. The Morgan fingerprint density at radius 1 is 1.16 bits per heavy atom. The fourth-order valence-corrected chi connectivity index (χ4v) is 6.01. The van der Waals surface area contributed by atoms with Crippen molar-refractivity contribution in [1.29, 1.82) is 0 Å². The summed E-state index contributed by atoms with van der Waals surface area (Å²) in [7, 11) is 2.05. The third kappa shape index (κ3) is 5.47. The number of piperidine rings is 1. The van der Waals surface area contributed by atoms with Crippen LogP contribution in [0.2, 0.25) is 0 Å². The summed E-state index contributed by atoms with van der Waals surface area (Å²) in [5.74, 6) is -0.548. The first-order valence-electron chi connectivity index (χ1n) is 12.6. The van der Waals surface area contributed by atoms with Crippen LogP contribution >= 0.6 is 11.3 Å². The molecule has 11 heteroatoms. The first kappa shape index (κ1) is 25.2. The SMILES string of the molecule is CCOC(=O)N1CC[C@H](NC(=O)c2cc3cc(C)ccc3[nH]2)[C@H](NC(=O)c2nc3c(s2)CN(C)CC3)C1. The highest BCUT2D eigenvalue weighted by Gasteiger charge is 2.35. The number of thiazole rings is 1. The molecule has 0 unspecified atom stereocenters. The van der Waals surface area contributed by atoms with Crippen molar-refractivity contribution in [2.75, 3.05) is 33.3 Å². The van der Waals surface area contributed by atoms with Gasteiger partial charge in [-0.2, -0.15) is 0 Å². The number of carbonyl (C=O) groups is 3. The minimum atomic E-state index is -0.496. The van der Waals surface area contributed by atoms with Crippen molar-refractivity contribution in [3.63, 3.8) is 0 Å². The van der Waals surface area contributed by atoms with Gasteiger partial charge in [0.15, 0.2) is 5.01 Å². The smallest absolute Gasteiger partial charge is 0.409 e. The van der Waals surface area contributed by atoms with E-state index in [0.29, 0.717) is 23.7 Å². The molecule has 1 aromatic carbocycles. The van der Waals surface area contributed by atoms with Crippen molar-refractivity contribution in [2.24, 2.45) is 0 Å². The van der Waals surface area contributed by atoms with Gasteiger partial charge in [0.1, 0.15) is 5.69 Å². The number of nitrogens with zero attached hydrogens (tertiary/aromatic N) is 3. The van der Waals surface area contributed by atoms with E-state index < -0.39 is 12.1 Å². The van der Waals surface area contributed by atoms with E-state index in [4.69, 9.17) is 4.74 Å². The van der Waals surface area contributed by atoms with Crippen molar-refractivity contribution in [3.05, 3.63) is 51.1 Å². The van der Waals surface area contributed by atoms with E-state index >= 15 is 0 Å². The number of H-pyrrole nitrogens is 1. The molecule has 2 atom stereocenters. The summed E-state index contributed by atoms with van der Waals surface area (Å²) in [6.45, 7) is 6.38. The molecule has 0 bridgehead atoms. The molecule has 0 aliphatic carbocycles. The summed E-state index contributed by atoms with van der Waals surface area (Å²) in [6, 6.07) is 6.94. The summed E-state index contributed by atoms with van der Waals surface area (Å²) in [5, 5.41) is 7.49. The zero-order chi connectivity index (χ0) is 26.1. The number of aromatic amines is 1. The zero-order valence-corrected chi connectivity index (χ0v) is 22.1. The van der Waals surface area contributed by atoms with Crippen LogP contribution in [-0.4, -0.2) is 83.0 Å². The van der Waals surface area contributed by atoms with E-state index in [9.17, 15) is 14.4 Å². The number of hydrogen-bond acceptors (Lipinski definition) is 7. The largest absolute Gasteiger partial charge is 0.450 e. The van der Waals surface area contributed by atoms with E-state index in [1.807, 2.05) is 31.2 Å². The minimum Gasteiger partial charge on any atom is -0.450 e. The van der Waals surface area contributed by atoms with Crippen molar-refractivity contribution < 1.29 is 19.1 Å².